The van der Waals surface area contributed by atoms with Gasteiger partial charge >= 0.3 is 0 Å². The van der Waals surface area contributed by atoms with Crippen molar-refractivity contribution >= 4 is 29.2 Å². The minimum atomic E-state index is -0.545. The molecule has 0 atom stereocenters. The Labute approximate surface area is 344 Å². The van der Waals surface area contributed by atoms with E-state index in [9.17, 15) is 0 Å². The van der Waals surface area contributed by atoms with E-state index in [1.54, 1.807) is 0 Å². The number of hydrogen-bond donors (Lipinski definition) is 0. The molecule has 0 aromatic heterocycles. The summed E-state index contributed by atoms with van der Waals surface area (Å²) in [5, 5.41) is 0. The van der Waals surface area contributed by atoms with Gasteiger partial charge in [0.1, 0.15) is 11.5 Å². The highest BCUT2D eigenvalue weighted by atomic mass is 16.5. The van der Waals surface area contributed by atoms with Crippen LogP contribution >= 0.6 is 0 Å². The molecule has 12 rings (SSSR count). The molecule has 0 N–H and O–H groups in total. The molecular weight excluding hydrogens is 715 g/mol. The van der Waals surface area contributed by atoms with E-state index in [-0.39, 0.29) is 0 Å². The predicted molar refractivity (Wildman–Crippen MR) is 244 cm³/mol. The zero-order valence-corrected chi connectivity index (χ0v) is 32.2. The first-order valence-corrected chi connectivity index (χ1v) is 20.3. The molecule has 1 spiro atoms. The van der Waals surface area contributed by atoms with Crippen molar-refractivity contribution in [2.75, 3.05) is 4.90 Å². The molecule has 0 bridgehead atoms. The van der Waals surface area contributed by atoms with Gasteiger partial charge in [0.05, 0.1) is 16.8 Å². The second kappa shape index (κ2) is 13.2. The SMILES string of the molecule is C1=Cc2ccccc2C2(c3ccccc31)c1ccccc1-c1c(N(c3ccc4c(c3)-c3ccccc3Oc3ccccc3-4)c3ccccc3-c3ccccc3)cccc12. The van der Waals surface area contributed by atoms with Crippen LogP contribution in [0.25, 0.3) is 56.7 Å². The lowest BCUT2D eigenvalue weighted by molar-refractivity contribution is 0.488. The second-order valence-electron chi connectivity index (χ2n) is 15.5. The highest BCUT2D eigenvalue weighted by molar-refractivity contribution is 6.02. The Hall–Kier alpha value is -7.68. The van der Waals surface area contributed by atoms with Gasteiger partial charge in [-0.1, -0.05) is 188 Å². The van der Waals surface area contributed by atoms with Crippen molar-refractivity contribution < 1.29 is 4.74 Å². The molecule has 2 aliphatic carbocycles. The van der Waals surface area contributed by atoms with Gasteiger partial charge in [-0.25, -0.2) is 0 Å². The van der Waals surface area contributed by atoms with Crippen LogP contribution in [0.15, 0.2) is 212 Å². The monoisotopic (exact) mass is 751 g/mol. The van der Waals surface area contributed by atoms with E-state index in [1.807, 2.05) is 6.07 Å². The maximum atomic E-state index is 6.64. The van der Waals surface area contributed by atoms with Gasteiger partial charge in [-0.05, 0) is 92.0 Å². The smallest absolute Gasteiger partial charge is 0.135 e. The zero-order chi connectivity index (χ0) is 38.9. The largest absolute Gasteiger partial charge is 0.456 e. The molecule has 2 nitrogen and oxygen atoms in total. The van der Waals surface area contributed by atoms with Gasteiger partial charge in [0.25, 0.3) is 0 Å². The summed E-state index contributed by atoms with van der Waals surface area (Å²) in [5.41, 5.74) is 19.6. The average molecular weight is 752 g/mol. The molecule has 1 heterocycles. The number of ether oxygens (including phenoxy) is 1. The topological polar surface area (TPSA) is 12.5 Å². The maximum Gasteiger partial charge on any atom is 0.135 e. The van der Waals surface area contributed by atoms with Gasteiger partial charge in [-0.2, -0.15) is 0 Å². The van der Waals surface area contributed by atoms with Crippen LogP contribution in [0.4, 0.5) is 17.1 Å². The second-order valence-corrected chi connectivity index (χ2v) is 15.5. The van der Waals surface area contributed by atoms with Crippen LogP contribution in [0, 0.1) is 0 Å². The van der Waals surface area contributed by atoms with Crippen molar-refractivity contribution in [1.29, 1.82) is 0 Å². The molecule has 0 radical (unpaired) electrons. The third kappa shape index (κ3) is 4.93. The third-order valence-electron chi connectivity index (χ3n) is 12.5. The van der Waals surface area contributed by atoms with Crippen molar-refractivity contribution in [3.05, 3.63) is 246 Å². The lowest BCUT2D eigenvalue weighted by Crippen LogP contribution is -2.30. The van der Waals surface area contributed by atoms with Crippen LogP contribution in [0.3, 0.4) is 0 Å². The molecule has 0 saturated heterocycles. The quantitative estimate of drug-likeness (QED) is 0.178. The molecule has 0 amide bonds. The van der Waals surface area contributed by atoms with Crippen LogP contribution in [0.1, 0.15) is 33.4 Å². The number of rotatable bonds is 4. The average Bonchev–Trinajstić information content (AvgIpc) is 3.41. The fourth-order valence-corrected chi connectivity index (χ4v) is 10.1. The maximum absolute atomic E-state index is 6.64. The molecule has 59 heavy (non-hydrogen) atoms. The number of benzene rings is 9. The Morgan fingerprint density at radius 1 is 0.339 bits per heavy atom. The molecular formula is C57H37NO. The van der Waals surface area contributed by atoms with E-state index in [1.165, 1.54) is 44.5 Å². The Kier molecular flexibility index (Phi) is 7.48. The van der Waals surface area contributed by atoms with Crippen LogP contribution < -0.4 is 9.64 Å². The summed E-state index contributed by atoms with van der Waals surface area (Å²) in [4.78, 5) is 2.50. The summed E-state index contributed by atoms with van der Waals surface area (Å²) in [6.07, 6.45) is 4.59. The zero-order valence-electron chi connectivity index (χ0n) is 32.2. The highest BCUT2D eigenvalue weighted by Gasteiger charge is 2.49. The van der Waals surface area contributed by atoms with Crippen LogP contribution in [-0.2, 0) is 5.41 Å². The summed E-state index contributed by atoms with van der Waals surface area (Å²) >= 11 is 0. The summed E-state index contributed by atoms with van der Waals surface area (Å²) < 4.78 is 6.64. The molecule has 9 aromatic rings. The Morgan fingerprint density at radius 2 is 0.864 bits per heavy atom. The number of para-hydroxylation sites is 3. The summed E-state index contributed by atoms with van der Waals surface area (Å²) in [5.74, 6) is 1.71. The van der Waals surface area contributed by atoms with Crippen LogP contribution in [0.5, 0.6) is 11.5 Å². The summed E-state index contributed by atoms with van der Waals surface area (Å²) in [7, 11) is 0. The fourth-order valence-electron chi connectivity index (χ4n) is 10.1. The Bertz CT molecular complexity index is 3110. The number of nitrogens with zero attached hydrogens (tertiary/aromatic N) is 1. The van der Waals surface area contributed by atoms with Crippen LogP contribution in [0.2, 0.25) is 0 Å². The molecule has 3 aliphatic rings. The van der Waals surface area contributed by atoms with E-state index in [4.69, 9.17) is 4.74 Å². The van der Waals surface area contributed by atoms with Gasteiger partial charge in [0.15, 0.2) is 0 Å². The van der Waals surface area contributed by atoms with Gasteiger partial charge < -0.3 is 9.64 Å². The van der Waals surface area contributed by atoms with E-state index in [2.05, 4.69) is 223 Å². The Balaban J connectivity index is 1.19. The van der Waals surface area contributed by atoms with Crippen molar-refractivity contribution in [3.8, 4) is 56.0 Å². The molecule has 0 saturated carbocycles. The minimum Gasteiger partial charge on any atom is -0.456 e. The number of anilines is 3. The summed E-state index contributed by atoms with van der Waals surface area (Å²) in [6.45, 7) is 0. The van der Waals surface area contributed by atoms with Gasteiger partial charge in [0.2, 0.25) is 0 Å². The van der Waals surface area contributed by atoms with Crippen molar-refractivity contribution in [2.45, 2.75) is 5.41 Å². The highest BCUT2D eigenvalue weighted by Crippen LogP contribution is 2.62. The van der Waals surface area contributed by atoms with Gasteiger partial charge in [-0.3, -0.25) is 0 Å². The lowest BCUT2D eigenvalue weighted by Gasteiger charge is -2.36. The van der Waals surface area contributed by atoms with Crippen molar-refractivity contribution in [1.82, 2.24) is 0 Å². The normalized spacial score (nSPS) is 13.3. The minimum absolute atomic E-state index is 0.545. The van der Waals surface area contributed by atoms with Gasteiger partial charge in [-0.15, -0.1) is 0 Å². The molecule has 9 aromatic carbocycles. The van der Waals surface area contributed by atoms with E-state index in [0.29, 0.717) is 0 Å². The fraction of sp³-hybridized carbons (Fsp3) is 0.0175. The molecule has 0 fully saturated rings. The first-order chi connectivity index (χ1) is 29.3. The molecule has 276 valence electrons. The number of hydrogen-bond acceptors (Lipinski definition) is 2. The Morgan fingerprint density at radius 3 is 1.58 bits per heavy atom. The van der Waals surface area contributed by atoms with Crippen molar-refractivity contribution in [3.63, 3.8) is 0 Å². The summed E-state index contributed by atoms with van der Waals surface area (Å²) in [6, 6.07) is 77.4. The van der Waals surface area contributed by atoms with E-state index in [0.717, 1.165) is 61.9 Å². The van der Waals surface area contributed by atoms with Crippen LogP contribution in [-0.4, -0.2) is 0 Å². The first-order valence-electron chi connectivity index (χ1n) is 20.3. The lowest BCUT2D eigenvalue weighted by atomic mass is 9.66. The molecule has 1 aliphatic heterocycles. The van der Waals surface area contributed by atoms with E-state index < -0.39 is 5.41 Å². The third-order valence-corrected chi connectivity index (χ3v) is 12.5. The van der Waals surface area contributed by atoms with E-state index >= 15 is 0 Å². The molecule has 0 unspecified atom stereocenters. The molecule has 2 heteroatoms. The standard InChI is InChI=1S/C57H37NO/c1-2-17-38(18-3-1)42-21-7-13-29-52(42)58(41-35-36-43-44-22-8-14-31-54(44)59-55-32-15-9-23-45(55)47(43)37-41)53-30-16-28-51-56(53)46-24-6-12-27-50(46)57(51)48-25-10-4-19-39(48)33-34-40-20-5-11-26-49(40)57/h1-37H. The first kappa shape index (κ1) is 33.5. The predicted octanol–water partition coefficient (Wildman–Crippen LogP) is 15.1. The van der Waals surface area contributed by atoms with Gasteiger partial charge in [0, 0.05) is 27.9 Å². The number of fused-ring (bicyclic) bond motifs is 14. The van der Waals surface area contributed by atoms with Crippen molar-refractivity contribution in [2.24, 2.45) is 0 Å².